The SMILES string of the molecule is COc1ccccc1CNC(=O)C=Cc1cc(Cl)c(OC(C)C)c(OC)c1. The van der Waals surface area contributed by atoms with Gasteiger partial charge in [0.1, 0.15) is 5.75 Å². The lowest BCUT2D eigenvalue weighted by atomic mass is 10.1. The first-order chi connectivity index (χ1) is 12.9. The number of methoxy groups -OCH3 is 2. The summed E-state index contributed by atoms with van der Waals surface area (Å²) < 4.78 is 16.3. The summed E-state index contributed by atoms with van der Waals surface area (Å²) in [7, 11) is 3.15. The van der Waals surface area contributed by atoms with E-state index >= 15 is 0 Å². The van der Waals surface area contributed by atoms with Gasteiger partial charge < -0.3 is 19.5 Å². The van der Waals surface area contributed by atoms with E-state index in [1.54, 1.807) is 32.4 Å². The van der Waals surface area contributed by atoms with Crippen molar-refractivity contribution in [3.8, 4) is 17.2 Å². The van der Waals surface area contributed by atoms with Gasteiger partial charge in [-0.05, 0) is 43.7 Å². The summed E-state index contributed by atoms with van der Waals surface area (Å²) in [5.74, 6) is 1.52. The van der Waals surface area contributed by atoms with Gasteiger partial charge in [-0.1, -0.05) is 29.8 Å². The molecule has 0 radical (unpaired) electrons. The standard InChI is InChI=1S/C21H24ClNO4/c1-14(2)27-21-17(22)11-15(12-19(21)26-4)9-10-20(24)23-13-16-7-5-6-8-18(16)25-3/h5-12,14H,13H2,1-4H3,(H,23,24). The summed E-state index contributed by atoms with van der Waals surface area (Å²) in [5.41, 5.74) is 1.64. The van der Waals surface area contributed by atoms with Crippen LogP contribution in [0.15, 0.2) is 42.5 Å². The molecule has 0 saturated heterocycles. The largest absolute Gasteiger partial charge is 0.496 e. The molecular weight excluding hydrogens is 366 g/mol. The van der Waals surface area contributed by atoms with E-state index in [-0.39, 0.29) is 12.0 Å². The Morgan fingerprint density at radius 1 is 1.15 bits per heavy atom. The van der Waals surface area contributed by atoms with E-state index in [0.29, 0.717) is 23.1 Å². The van der Waals surface area contributed by atoms with Crippen LogP contribution in [-0.2, 0) is 11.3 Å². The monoisotopic (exact) mass is 389 g/mol. The van der Waals surface area contributed by atoms with Gasteiger partial charge in [-0.2, -0.15) is 0 Å². The molecule has 2 aromatic carbocycles. The number of hydrogen-bond donors (Lipinski definition) is 1. The first-order valence-electron chi connectivity index (χ1n) is 8.56. The number of carbonyl (C=O) groups is 1. The molecule has 0 fully saturated rings. The van der Waals surface area contributed by atoms with Gasteiger partial charge >= 0.3 is 0 Å². The molecule has 1 N–H and O–H groups in total. The molecule has 5 nitrogen and oxygen atoms in total. The van der Waals surface area contributed by atoms with E-state index in [1.807, 2.05) is 38.1 Å². The molecule has 0 aliphatic rings. The molecule has 0 aromatic heterocycles. The predicted octanol–water partition coefficient (Wildman–Crippen LogP) is 4.47. The van der Waals surface area contributed by atoms with Crippen LogP contribution in [0.3, 0.4) is 0 Å². The van der Waals surface area contributed by atoms with Crippen molar-refractivity contribution in [1.82, 2.24) is 5.32 Å². The van der Waals surface area contributed by atoms with Crippen LogP contribution in [0.2, 0.25) is 5.02 Å². The third-order valence-corrected chi connectivity index (χ3v) is 3.96. The molecule has 0 aliphatic heterocycles. The van der Waals surface area contributed by atoms with E-state index < -0.39 is 0 Å². The van der Waals surface area contributed by atoms with Crippen molar-refractivity contribution < 1.29 is 19.0 Å². The van der Waals surface area contributed by atoms with Gasteiger partial charge in [-0.3, -0.25) is 4.79 Å². The van der Waals surface area contributed by atoms with Crippen LogP contribution in [0.25, 0.3) is 6.08 Å². The summed E-state index contributed by atoms with van der Waals surface area (Å²) in [4.78, 5) is 12.1. The van der Waals surface area contributed by atoms with Crippen molar-refractivity contribution in [3.05, 3.63) is 58.6 Å². The molecule has 0 atom stereocenters. The molecule has 27 heavy (non-hydrogen) atoms. The van der Waals surface area contributed by atoms with Crippen molar-refractivity contribution in [1.29, 1.82) is 0 Å². The molecule has 1 amide bonds. The number of halogens is 1. The molecule has 0 bridgehead atoms. The van der Waals surface area contributed by atoms with Crippen LogP contribution in [-0.4, -0.2) is 26.2 Å². The zero-order valence-electron chi connectivity index (χ0n) is 15.9. The lowest BCUT2D eigenvalue weighted by Crippen LogP contribution is -2.20. The van der Waals surface area contributed by atoms with Crippen LogP contribution in [0.4, 0.5) is 0 Å². The number of para-hydroxylation sites is 1. The molecule has 2 rings (SSSR count). The fraction of sp³-hybridized carbons (Fsp3) is 0.286. The minimum Gasteiger partial charge on any atom is -0.496 e. The zero-order chi connectivity index (χ0) is 19.8. The highest BCUT2D eigenvalue weighted by Gasteiger charge is 2.12. The Morgan fingerprint density at radius 2 is 1.85 bits per heavy atom. The third-order valence-electron chi connectivity index (χ3n) is 3.68. The van der Waals surface area contributed by atoms with Gasteiger partial charge in [0, 0.05) is 18.2 Å². The smallest absolute Gasteiger partial charge is 0.244 e. The van der Waals surface area contributed by atoms with Gasteiger partial charge in [0.15, 0.2) is 11.5 Å². The number of hydrogen-bond acceptors (Lipinski definition) is 4. The Hall–Kier alpha value is -2.66. The number of ether oxygens (including phenoxy) is 3. The van der Waals surface area contributed by atoms with Gasteiger partial charge in [0.2, 0.25) is 5.91 Å². The lowest BCUT2D eigenvalue weighted by Gasteiger charge is -2.15. The Labute approximate surface area is 164 Å². The van der Waals surface area contributed by atoms with E-state index in [1.165, 1.54) is 6.08 Å². The second-order valence-electron chi connectivity index (χ2n) is 6.06. The highest BCUT2D eigenvalue weighted by molar-refractivity contribution is 6.32. The zero-order valence-corrected chi connectivity index (χ0v) is 16.7. The highest BCUT2D eigenvalue weighted by atomic mass is 35.5. The van der Waals surface area contributed by atoms with Crippen LogP contribution < -0.4 is 19.5 Å². The topological polar surface area (TPSA) is 56.8 Å². The van der Waals surface area contributed by atoms with Crippen LogP contribution >= 0.6 is 11.6 Å². The van der Waals surface area contributed by atoms with Crippen molar-refractivity contribution >= 4 is 23.6 Å². The Morgan fingerprint density at radius 3 is 2.52 bits per heavy atom. The number of rotatable bonds is 8. The maximum atomic E-state index is 12.1. The molecule has 0 saturated carbocycles. The normalized spacial score (nSPS) is 10.9. The second kappa shape index (κ2) is 9.88. The predicted molar refractivity (Wildman–Crippen MR) is 108 cm³/mol. The number of carbonyl (C=O) groups excluding carboxylic acids is 1. The Kier molecular flexibility index (Phi) is 7.55. The number of benzene rings is 2. The molecule has 6 heteroatoms. The highest BCUT2D eigenvalue weighted by Crippen LogP contribution is 2.37. The van der Waals surface area contributed by atoms with E-state index in [4.69, 9.17) is 25.8 Å². The van der Waals surface area contributed by atoms with Crippen molar-refractivity contribution in [2.45, 2.75) is 26.5 Å². The first kappa shape index (κ1) is 20.6. The second-order valence-corrected chi connectivity index (χ2v) is 6.47. The summed E-state index contributed by atoms with van der Waals surface area (Å²) >= 11 is 6.29. The molecule has 0 spiro atoms. The van der Waals surface area contributed by atoms with E-state index in [2.05, 4.69) is 5.32 Å². The van der Waals surface area contributed by atoms with E-state index in [0.717, 1.165) is 16.9 Å². The maximum Gasteiger partial charge on any atom is 0.244 e. The first-order valence-corrected chi connectivity index (χ1v) is 8.94. The molecule has 0 heterocycles. The quantitative estimate of drug-likeness (QED) is 0.676. The lowest BCUT2D eigenvalue weighted by molar-refractivity contribution is -0.116. The van der Waals surface area contributed by atoms with Gasteiger partial charge in [-0.25, -0.2) is 0 Å². The average Bonchev–Trinajstić information content (AvgIpc) is 2.66. The third kappa shape index (κ3) is 5.93. The fourth-order valence-corrected chi connectivity index (χ4v) is 2.71. The van der Waals surface area contributed by atoms with E-state index in [9.17, 15) is 4.79 Å². The number of amides is 1. The molecule has 0 unspecified atom stereocenters. The Bertz CT molecular complexity index is 818. The van der Waals surface area contributed by atoms with Crippen molar-refractivity contribution in [2.24, 2.45) is 0 Å². The van der Waals surface area contributed by atoms with Crippen molar-refractivity contribution in [2.75, 3.05) is 14.2 Å². The van der Waals surface area contributed by atoms with Gasteiger partial charge in [-0.15, -0.1) is 0 Å². The summed E-state index contributed by atoms with van der Waals surface area (Å²) in [6, 6.07) is 11.0. The molecular formula is C21H24ClNO4. The Balaban J connectivity index is 2.06. The van der Waals surface area contributed by atoms with Gasteiger partial charge in [0.05, 0.1) is 25.3 Å². The molecule has 0 aliphatic carbocycles. The van der Waals surface area contributed by atoms with Crippen LogP contribution in [0.5, 0.6) is 17.2 Å². The summed E-state index contributed by atoms with van der Waals surface area (Å²) in [6.07, 6.45) is 3.09. The minimum absolute atomic E-state index is 0.0291. The molecule has 144 valence electrons. The minimum atomic E-state index is -0.224. The summed E-state index contributed by atoms with van der Waals surface area (Å²) in [5, 5.41) is 3.26. The summed E-state index contributed by atoms with van der Waals surface area (Å²) in [6.45, 7) is 4.20. The fourth-order valence-electron chi connectivity index (χ4n) is 2.45. The average molecular weight is 390 g/mol. The van der Waals surface area contributed by atoms with Crippen molar-refractivity contribution in [3.63, 3.8) is 0 Å². The number of nitrogens with one attached hydrogen (secondary N) is 1. The van der Waals surface area contributed by atoms with Crippen LogP contribution in [0.1, 0.15) is 25.0 Å². The van der Waals surface area contributed by atoms with Gasteiger partial charge in [0.25, 0.3) is 0 Å². The molecule has 2 aromatic rings. The van der Waals surface area contributed by atoms with Crippen LogP contribution in [0, 0.1) is 0 Å². The maximum absolute atomic E-state index is 12.1.